The van der Waals surface area contributed by atoms with Crippen LogP contribution in [-0.2, 0) is 5.54 Å². The molecule has 0 aromatic carbocycles. The van der Waals surface area contributed by atoms with E-state index in [2.05, 4.69) is 32.2 Å². The zero-order chi connectivity index (χ0) is 15.9. The number of aromatic nitrogens is 5. The fourth-order valence-electron chi connectivity index (χ4n) is 3.32. The number of rotatable bonds is 3. The number of nitriles is 2. The second kappa shape index (κ2) is 4.92. The van der Waals surface area contributed by atoms with Gasteiger partial charge in [0.15, 0.2) is 0 Å². The minimum Gasteiger partial charge on any atom is -0.346 e. The Morgan fingerprint density at radius 1 is 1.35 bits per heavy atom. The van der Waals surface area contributed by atoms with E-state index in [-0.39, 0.29) is 11.5 Å². The molecule has 1 saturated carbocycles. The van der Waals surface area contributed by atoms with Crippen molar-refractivity contribution in [3.8, 4) is 23.4 Å². The molecule has 7 heteroatoms. The zero-order valence-corrected chi connectivity index (χ0v) is 12.3. The molecule has 0 radical (unpaired) electrons. The van der Waals surface area contributed by atoms with Crippen LogP contribution in [0, 0.1) is 28.6 Å². The van der Waals surface area contributed by atoms with Gasteiger partial charge in [-0.05, 0) is 18.9 Å². The van der Waals surface area contributed by atoms with E-state index in [4.69, 9.17) is 10.5 Å². The van der Waals surface area contributed by atoms with Gasteiger partial charge in [-0.25, -0.2) is 9.97 Å². The Morgan fingerprint density at radius 3 is 3.00 bits per heavy atom. The van der Waals surface area contributed by atoms with Crippen molar-refractivity contribution in [2.75, 3.05) is 0 Å². The third-order valence-corrected chi connectivity index (χ3v) is 4.54. The number of aromatic amines is 1. The van der Waals surface area contributed by atoms with Gasteiger partial charge in [0.05, 0.1) is 41.9 Å². The van der Waals surface area contributed by atoms with Crippen molar-refractivity contribution in [3.05, 3.63) is 31.0 Å². The van der Waals surface area contributed by atoms with Crippen LogP contribution >= 0.6 is 0 Å². The molecule has 1 N–H and O–H groups in total. The molecule has 3 aromatic heterocycles. The van der Waals surface area contributed by atoms with Crippen molar-refractivity contribution in [2.45, 2.75) is 24.8 Å². The minimum absolute atomic E-state index is 0.00595. The second-order valence-electron chi connectivity index (χ2n) is 5.93. The smallest absolute Gasteiger partial charge is 0.141 e. The molecule has 0 saturated heterocycles. The molecule has 4 rings (SSSR count). The summed E-state index contributed by atoms with van der Waals surface area (Å²) < 4.78 is 1.83. The summed E-state index contributed by atoms with van der Waals surface area (Å²) in [5.74, 6) is 0.00595. The molecular formula is C16H13N7. The van der Waals surface area contributed by atoms with Crippen LogP contribution in [0.4, 0.5) is 0 Å². The van der Waals surface area contributed by atoms with Crippen molar-refractivity contribution < 1.29 is 0 Å². The van der Waals surface area contributed by atoms with Gasteiger partial charge in [-0.3, -0.25) is 4.68 Å². The molecule has 3 heterocycles. The van der Waals surface area contributed by atoms with Gasteiger partial charge in [-0.1, -0.05) is 0 Å². The van der Waals surface area contributed by atoms with Gasteiger partial charge in [0.2, 0.25) is 0 Å². The lowest BCUT2D eigenvalue weighted by Gasteiger charge is -2.43. The standard InChI is InChI=1S/C16H13N7/c17-3-2-16(5-11(6-16)7-18)23-9-12(8-22-23)14-13-1-4-19-15(13)21-10-20-14/h1,4,8-11H,2,5-6H2,(H,19,20,21). The number of nitrogens with one attached hydrogen (secondary N) is 1. The highest BCUT2D eigenvalue weighted by Gasteiger charge is 2.46. The average molecular weight is 303 g/mol. The Balaban J connectivity index is 1.74. The van der Waals surface area contributed by atoms with Crippen molar-refractivity contribution in [1.82, 2.24) is 24.7 Å². The van der Waals surface area contributed by atoms with Crippen LogP contribution in [0.2, 0.25) is 0 Å². The molecule has 0 spiro atoms. The molecule has 1 aliphatic carbocycles. The number of hydrogen-bond donors (Lipinski definition) is 1. The van der Waals surface area contributed by atoms with Crippen molar-refractivity contribution in [3.63, 3.8) is 0 Å². The van der Waals surface area contributed by atoms with Crippen molar-refractivity contribution in [1.29, 1.82) is 10.5 Å². The lowest BCUT2D eigenvalue weighted by atomic mass is 9.67. The lowest BCUT2D eigenvalue weighted by Crippen LogP contribution is -2.46. The van der Waals surface area contributed by atoms with Gasteiger partial charge in [-0.15, -0.1) is 0 Å². The Hall–Kier alpha value is -3.19. The van der Waals surface area contributed by atoms with Crippen LogP contribution in [0.3, 0.4) is 0 Å². The van der Waals surface area contributed by atoms with Gasteiger partial charge in [0.25, 0.3) is 0 Å². The summed E-state index contributed by atoms with van der Waals surface area (Å²) >= 11 is 0. The van der Waals surface area contributed by atoms with E-state index >= 15 is 0 Å². The van der Waals surface area contributed by atoms with E-state index < -0.39 is 0 Å². The Bertz CT molecular complexity index is 947. The summed E-state index contributed by atoms with van der Waals surface area (Å²) in [5, 5.41) is 23.5. The van der Waals surface area contributed by atoms with Crippen LogP contribution in [0.15, 0.2) is 31.0 Å². The first-order chi connectivity index (χ1) is 11.3. The Kier molecular flexibility index (Phi) is 2.88. The highest BCUT2D eigenvalue weighted by atomic mass is 15.3. The average Bonchev–Trinajstić information content (AvgIpc) is 3.18. The van der Waals surface area contributed by atoms with E-state index in [0.29, 0.717) is 19.3 Å². The number of fused-ring (bicyclic) bond motifs is 1. The highest BCUT2D eigenvalue weighted by Crippen LogP contribution is 2.46. The van der Waals surface area contributed by atoms with Gasteiger partial charge >= 0.3 is 0 Å². The quantitative estimate of drug-likeness (QED) is 0.799. The van der Waals surface area contributed by atoms with Crippen LogP contribution in [0.5, 0.6) is 0 Å². The summed E-state index contributed by atoms with van der Waals surface area (Å²) in [4.78, 5) is 11.6. The molecule has 0 aliphatic heterocycles. The molecule has 1 aliphatic rings. The minimum atomic E-state index is -0.363. The molecule has 0 amide bonds. The van der Waals surface area contributed by atoms with E-state index in [1.165, 1.54) is 6.33 Å². The number of H-pyrrole nitrogens is 1. The van der Waals surface area contributed by atoms with Crippen molar-refractivity contribution in [2.24, 2.45) is 5.92 Å². The molecule has 3 aromatic rings. The molecule has 0 atom stereocenters. The van der Waals surface area contributed by atoms with Crippen molar-refractivity contribution >= 4 is 11.0 Å². The maximum Gasteiger partial charge on any atom is 0.141 e. The molecule has 1 fully saturated rings. The first-order valence-electron chi connectivity index (χ1n) is 7.36. The first-order valence-corrected chi connectivity index (χ1v) is 7.36. The summed E-state index contributed by atoms with van der Waals surface area (Å²) in [6, 6.07) is 6.43. The number of hydrogen-bond acceptors (Lipinski definition) is 5. The van der Waals surface area contributed by atoms with E-state index in [9.17, 15) is 0 Å². The van der Waals surface area contributed by atoms with Gasteiger partial charge in [0.1, 0.15) is 12.0 Å². The fourth-order valence-corrected chi connectivity index (χ4v) is 3.32. The molecular weight excluding hydrogens is 290 g/mol. The highest BCUT2D eigenvalue weighted by molar-refractivity contribution is 5.89. The third kappa shape index (κ3) is 1.98. The summed E-state index contributed by atoms with van der Waals surface area (Å²) in [5.41, 5.74) is 2.11. The van der Waals surface area contributed by atoms with Crippen LogP contribution in [0.1, 0.15) is 19.3 Å². The summed E-state index contributed by atoms with van der Waals surface area (Å²) in [7, 11) is 0. The van der Waals surface area contributed by atoms with Crippen LogP contribution < -0.4 is 0 Å². The largest absolute Gasteiger partial charge is 0.346 e. The maximum absolute atomic E-state index is 9.13. The lowest BCUT2D eigenvalue weighted by molar-refractivity contribution is 0.0882. The maximum atomic E-state index is 9.13. The Labute approximate surface area is 132 Å². The van der Waals surface area contributed by atoms with Gasteiger partial charge in [0, 0.05) is 23.3 Å². The molecule has 7 nitrogen and oxygen atoms in total. The number of nitrogens with zero attached hydrogens (tertiary/aromatic N) is 6. The normalized spacial score (nSPS) is 23.1. The molecule has 23 heavy (non-hydrogen) atoms. The fraction of sp³-hybridized carbons (Fsp3) is 0.312. The predicted octanol–water partition coefficient (Wildman–Crippen LogP) is 2.36. The zero-order valence-electron chi connectivity index (χ0n) is 12.3. The van der Waals surface area contributed by atoms with Crippen LogP contribution in [0.25, 0.3) is 22.3 Å². The summed E-state index contributed by atoms with van der Waals surface area (Å²) in [6.07, 6.45) is 8.71. The predicted molar refractivity (Wildman–Crippen MR) is 81.7 cm³/mol. The van der Waals surface area contributed by atoms with Crippen LogP contribution in [-0.4, -0.2) is 24.7 Å². The molecule has 112 valence electrons. The molecule has 0 bridgehead atoms. The van der Waals surface area contributed by atoms with Gasteiger partial charge in [-0.2, -0.15) is 15.6 Å². The summed E-state index contributed by atoms with van der Waals surface area (Å²) in [6.45, 7) is 0. The SMILES string of the molecule is N#CCC1(n2cc(-c3ncnc4[nH]ccc34)cn2)CC(C#N)C1. The van der Waals surface area contributed by atoms with E-state index in [1.54, 1.807) is 6.20 Å². The first kappa shape index (κ1) is 13.5. The topological polar surface area (TPSA) is 107 Å². The second-order valence-corrected chi connectivity index (χ2v) is 5.93. The third-order valence-electron chi connectivity index (χ3n) is 4.54. The van der Waals surface area contributed by atoms with E-state index in [0.717, 1.165) is 22.3 Å². The van der Waals surface area contributed by atoms with Gasteiger partial charge < -0.3 is 4.98 Å². The monoisotopic (exact) mass is 303 g/mol. The molecule has 0 unspecified atom stereocenters. The van der Waals surface area contributed by atoms with E-state index in [1.807, 2.05) is 23.1 Å². The Morgan fingerprint density at radius 2 is 2.22 bits per heavy atom.